The lowest BCUT2D eigenvalue weighted by Crippen LogP contribution is -2.10. The maximum absolute atomic E-state index is 12.2. The molecule has 0 heterocycles. The van der Waals surface area contributed by atoms with Crippen LogP contribution in [0.15, 0.2) is 24.3 Å². The lowest BCUT2D eigenvalue weighted by Gasteiger charge is -2.05. The van der Waals surface area contributed by atoms with Gasteiger partial charge in [0.05, 0.1) is 12.1 Å². The van der Waals surface area contributed by atoms with Gasteiger partial charge in [-0.25, -0.2) is 0 Å². The average molecular weight is 227 g/mol. The van der Waals surface area contributed by atoms with Crippen LogP contribution in [0.1, 0.15) is 11.1 Å². The first kappa shape index (κ1) is 12.6. The summed E-state index contributed by atoms with van der Waals surface area (Å²) in [7, 11) is 3.75. The van der Waals surface area contributed by atoms with Gasteiger partial charge in [-0.1, -0.05) is 11.8 Å². The summed E-state index contributed by atoms with van der Waals surface area (Å²) >= 11 is 0. The van der Waals surface area contributed by atoms with Crippen molar-refractivity contribution in [2.45, 2.75) is 6.18 Å². The lowest BCUT2D eigenvalue weighted by atomic mass is 10.1. The maximum Gasteiger partial charge on any atom is 0.416 e. The van der Waals surface area contributed by atoms with E-state index < -0.39 is 11.7 Å². The molecule has 1 nitrogen and oxygen atoms in total. The van der Waals surface area contributed by atoms with Crippen LogP contribution in [0.3, 0.4) is 0 Å². The smallest absolute Gasteiger partial charge is 0.299 e. The average Bonchev–Trinajstić information content (AvgIpc) is 2.16. The Kier molecular flexibility index (Phi) is 3.97. The van der Waals surface area contributed by atoms with E-state index in [1.54, 1.807) is 0 Å². The van der Waals surface area contributed by atoms with Gasteiger partial charge in [0.15, 0.2) is 0 Å². The molecule has 0 aromatic heterocycles. The Bertz CT molecular complexity index is 393. The van der Waals surface area contributed by atoms with E-state index in [9.17, 15) is 13.2 Å². The maximum atomic E-state index is 12.2. The summed E-state index contributed by atoms with van der Waals surface area (Å²) in [6.07, 6.45) is -4.28. The minimum absolute atomic E-state index is 0.584. The molecule has 86 valence electrons. The van der Waals surface area contributed by atoms with Crippen LogP contribution in [0.2, 0.25) is 0 Å². The highest BCUT2D eigenvalue weighted by molar-refractivity contribution is 5.37. The number of hydrogen-bond acceptors (Lipinski definition) is 1. The van der Waals surface area contributed by atoms with Crippen LogP contribution in [0.4, 0.5) is 13.2 Å². The molecule has 16 heavy (non-hydrogen) atoms. The third-order valence-corrected chi connectivity index (χ3v) is 1.84. The first-order valence-electron chi connectivity index (χ1n) is 4.70. The Morgan fingerprint density at radius 3 is 2.12 bits per heavy atom. The SMILES string of the molecule is CN(C)CC#Cc1ccc(C(F)(F)F)cc1. The minimum Gasteiger partial charge on any atom is -0.299 e. The summed E-state index contributed by atoms with van der Waals surface area (Å²) in [5, 5.41) is 0. The van der Waals surface area contributed by atoms with Gasteiger partial charge in [-0.3, -0.25) is 4.90 Å². The van der Waals surface area contributed by atoms with Crippen molar-refractivity contribution in [3.63, 3.8) is 0 Å². The summed E-state index contributed by atoms with van der Waals surface area (Å²) in [5.74, 6) is 5.65. The molecule has 0 fully saturated rings. The molecular weight excluding hydrogens is 215 g/mol. The molecule has 0 atom stereocenters. The summed E-state index contributed by atoms with van der Waals surface area (Å²) in [5.41, 5.74) is -0.0551. The van der Waals surface area contributed by atoms with Crippen molar-refractivity contribution in [3.8, 4) is 11.8 Å². The first-order valence-corrected chi connectivity index (χ1v) is 4.70. The summed E-state index contributed by atoms with van der Waals surface area (Å²) < 4.78 is 36.7. The predicted molar refractivity (Wildman–Crippen MR) is 56.9 cm³/mol. The van der Waals surface area contributed by atoms with Crippen molar-refractivity contribution in [1.82, 2.24) is 4.90 Å². The van der Waals surface area contributed by atoms with Crippen molar-refractivity contribution >= 4 is 0 Å². The Labute approximate surface area is 92.9 Å². The second kappa shape index (κ2) is 5.04. The molecule has 0 spiro atoms. The van der Waals surface area contributed by atoms with Gasteiger partial charge in [0.25, 0.3) is 0 Å². The minimum atomic E-state index is -4.28. The third-order valence-electron chi connectivity index (χ3n) is 1.84. The van der Waals surface area contributed by atoms with Crippen LogP contribution in [0.5, 0.6) is 0 Å². The molecule has 0 saturated heterocycles. The van der Waals surface area contributed by atoms with Crippen molar-refractivity contribution in [3.05, 3.63) is 35.4 Å². The molecule has 1 aromatic rings. The number of hydrogen-bond donors (Lipinski definition) is 0. The Balaban J connectivity index is 2.75. The predicted octanol–water partition coefficient (Wildman–Crippen LogP) is 2.62. The summed E-state index contributed by atoms with van der Waals surface area (Å²) in [4.78, 5) is 1.89. The van der Waals surface area contributed by atoms with E-state index in [1.807, 2.05) is 19.0 Å². The van der Waals surface area contributed by atoms with Crippen molar-refractivity contribution in [2.24, 2.45) is 0 Å². The number of halogens is 3. The van der Waals surface area contributed by atoms with Gasteiger partial charge in [0.2, 0.25) is 0 Å². The molecule has 0 saturated carbocycles. The van der Waals surface area contributed by atoms with E-state index >= 15 is 0 Å². The molecule has 0 unspecified atom stereocenters. The first-order chi connectivity index (χ1) is 7.39. The Morgan fingerprint density at radius 1 is 1.12 bits per heavy atom. The molecule has 0 aliphatic heterocycles. The van der Waals surface area contributed by atoms with Crippen LogP contribution in [-0.4, -0.2) is 25.5 Å². The summed E-state index contributed by atoms with van der Waals surface area (Å²) in [6, 6.07) is 4.84. The fourth-order valence-corrected chi connectivity index (χ4v) is 1.04. The second-order valence-electron chi connectivity index (χ2n) is 3.61. The van der Waals surface area contributed by atoms with Crippen LogP contribution >= 0.6 is 0 Å². The zero-order valence-corrected chi connectivity index (χ0v) is 9.10. The molecule has 0 aliphatic rings. The molecule has 0 aliphatic carbocycles. The highest BCUT2D eigenvalue weighted by atomic mass is 19.4. The molecule has 1 aromatic carbocycles. The van der Waals surface area contributed by atoms with Gasteiger partial charge >= 0.3 is 6.18 Å². The van der Waals surface area contributed by atoms with Crippen LogP contribution in [0, 0.1) is 11.8 Å². The third kappa shape index (κ3) is 3.95. The fourth-order valence-electron chi connectivity index (χ4n) is 1.04. The lowest BCUT2D eigenvalue weighted by molar-refractivity contribution is -0.137. The highest BCUT2D eigenvalue weighted by Crippen LogP contribution is 2.28. The van der Waals surface area contributed by atoms with Gasteiger partial charge in [-0.15, -0.1) is 0 Å². The Hall–Kier alpha value is -1.47. The molecule has 4 heteroatoms. The van der Waals surface area contributed by atoms with Crippen LogP contribution in [0.25, 0.3) is 0 Å². The second-order valence-corrected chi connectivity index (χ2v) is 3.61. The van der Waals surface area contributed by atoms with Gasteiger partial charge < -0.3 is 0 Å². The van der Waals surface area contributed by atoms with Gasteiger partial charge in [-0.2, -0.15) is 13.2 Å². The van der Waals surface area contributed by atoms with Crippen molar-refractivity contribution < 1.29 is 13.2 Å². The molecule has 0 amide bonds. The number of rotatable bonds is 1. The Morgan fingerprint density at radius 2 is 1.69 bits per heavy atom. The molecular formula is C12H12F3N. The molecule has 0 N–H and O–H groups in total. The number of benzene rings is 1. The van der Waals surface area contributed by atoms with E-state index in [2.05, 4.69) is 11.8 Å². The van der Waals surface area contributed by atoms with Crippen molar-refractivity contribution in [1.29, 1.82) is 0 Å². The summed E-state index contributed by atoms with van der Waals surface area (Å²) in [6.45, 7) is 0.584. The van der Waals surface area contributed by atoms with E-state index in [4.69, 9.17) is 0 Å². The van der Waals surface area contributed by atoms with E-state index in [1.165, 1.54) is 12.1 Å². The zero-order chi connectivity index (χ0) is 12.2. The van der Waals surface area contributed by atoms with E-state index in [0.29, 0.717) is 12.1 Å². The van der Waals surface area contributed by atoms with Crippen LogP contribution < -0.4 is 0 Å². The van der Waals surface area contributed by atoms with E-state index in [-0.39, 0.29) is 0 Å². The van der Waals surface area contributed by atoms with Crippen LogP contribution in [-0.2, 0) is 6.18 Å². The van der Waals surface area contributed by atoms with Crippen molar-refractivity contribution in [2.75, 3.05) is 20.6 Å². The van der Waals surface area contributed by atoms with Gasteiger partial charge in [0.1, 0.15) is 0 Å². The topological polar surface area (TPSA) is 3.24 Å². The highest BCUT2D eigenvalue weighted by Gasteiger charge is 2.29. The largest absolute Gasteiger partial charge is 0.416 e. The molecule has 1 rings (SSSR count). The van der Waals surface area contributed by atoms with Gasteiger partial charge in [0, 0.05) is 5.56 Å². The molecule has 0 radical (unpaired) electrons. The normalized spacial score (nSPS) is 11.1. The van der Waals surface area contributed by atoms with Gasteiger partial charge in [-0.05, 0) is 38.4 Å². The molecule has 0 bridgehead atoms. The number of alkyl halides is 3. The quantitative estimate of drug-likeness (QED) is 0.666. The standard InChI is InChI=1S/C12H12F3N/c1-16(2)9-3-4-10-5-7-11(8-6-10)12(13,14)15/h5-8H,9H2,1-2H3. The number of nitrogens with zero attached hydrogens (tertiary/aromatic N) is 1. The zero-order valence-electron chi connectivity index (χ0n) is 9.10. The monoisotopic (exact) mass is 227 g/mol. The van der Waals surface area contributed by atoms with E-state index in [0.717, 1.165) is 12.1 Å². The fraction of sp³-hybridized carbons (Fsp3) is 0.333.